The molecule has 0 aliphatic heterocycles. The van der Waals surface area contributed by atoms with Crippen LogP contribution in [0.25, 0.3) is 22.3 Å². The second-order valence-corrected chi connectivity index (χ2v) is 20.0. The van der Waals surface area contributed by atoms with Crippen molar-refractivity contribution in [3.8, 4) is 22.3 Å². The van der Waals surface area contributed by atoms with Crippen molar-refractivity contribution in [2.75, 3.05) is 13.2 Å². The zero-order chi connectivity index (χ0) is 45.5. The van der Waals surface area contributed by atoms with Crippen LogP contribution in [0.1, 0.15) is 190 Å². The third-order valence-electron chi connectivity index (χ3n) is 15.4. The summed E-state index contributed by atoms with van der Waals surface area (Å²) in [5, 5.41) is 27.2. The zero-order valence-corrected chi connectivity index (χ0v) is 40.7. The number of aliphatic hydroxyl groups excluding tert-OH is 3. The second-order valence-electron chi connectivity index (χ2n) is 20.0. The van der Waals surface area contributed by atoms with Gasteiger partial charge in [-0.05, 0) is 176 Å². The lowest BCUT2D eigenvalue weighted by molar-refractivity contribution is 0.115. The van der Waals surface area contributed by atoms with Crippen molar-refractivity contribution < 1.29 is 19.7 Å². The summed E-state index contributed by atoms with van der Waals surface area (Å²) in [6.45, 7) is 9.65. The molecular formula is C60H87FO3. The quantitative estimate of drug-likeness (QED) is 0.0873. The number of aryl methyl sites for hydroxylation is 3. The number of halogens is 1. The van der Waals surface area contributed by atoms with Crippen LogP contribution in [0.15, 0.2) is 84.9 Å². The van der Waals surface area contributed by atoms with Gasteiger partial charge in [-0.1, -0.05) is 164 Å². The van der Waals surface area contributed by atoms with E-state index < -0.39 is 0 Å². The Bertz CT molecular complexity index is 1840. The highest BCUT2D eigenvalue weighted by molar-refractivity contribution is 5.68. The van der Waals surface area contributed by atoms with Gasteiger partial charge in [0.1, 0.15) is 5.82 Å². The van der Waals surface area contributed by atoms with Gasteiger partial charge < -0.3 is 15.3 Å². The van der Waals surface area contributed by atoms with Crippen molar-refractivity contribution >= 4 is 0 Å². The van der Waals surface area contributed by atoms with Gasteiger partial charge in [0.25, 0.3) is 0 Å². The van der Waals surface area contributed by atoms with Crippen molar-refractivity contribution in [3.05, 3.63) is 119 Å². The molecule has 64 heavy (non-hydrogen) atoms. The predicted molar refractivity (Wildman–Crippen MR) is 270 cm³/mol. The Morgan fingerprint density at radius 2 is 1.03 bits per heavy atom. The van der Waals surface area contributed by atoms with Crippen LogP contribution in [-0.2, 0) is 25.9 Å². The topological polar surface area (TPSA) is 60.7 Å². The summed E-state index contributed by atoms with van der Waals surface area (Å²) in [5.41, 5.74) is 10.3. The number of hydrogen-bond donors (Lipinski definition) is 3. The average Bonchev–Trinajstić information content (AvgIpc) is 3.34. The van der Waals surface area contributed by atoms with Crippen molar-refractivity contribution in [3.63, 3.8) is 0 Å². The van der Waals surface area contributed by atoms with Crippen LogP contribution in [0.4, 0.5) is 4.39 Å². The Hall–Kier alpha value is -3.31. The Labute approximate surface area is 389 Å². The highest BCUT2D eigenvalue weighted by Gasteiger charge is 2.30. The summed E-state index contributed by atoms with van der Waals surface area (Å²) in [6, 6.07) is 29.0. The highest BCUT2D eigenvalue weighted by Crippen LogP contribution is 2.42. The van der Waals surface area contributed by atoms with Gasteiger partial charge in [0.2, 0.25) is 0 Å². The SMILES string of the molecule is CCCC1CCC(C2CCC(CO)CC2)CC1.CCCCCC1CCC(c2ccc(-c3ccc(CCCO)cc3CC)cc2)CC1.CCCc1ccc(-c2ccc(CO)cc2)c(F)c1. The minimum absolute atomic E-state index is 0.0121. The van der Waals surface area contributed by atoms with E-state index in [-0.39, 0.29) is 19.0 Å². The molecule has 3 fully saturated rings. The van der Waals surface area contributed by atoms with Gasteiger partial charge in [-0.3, -0.25) is 0 Å². The minimum Gasteiger partial charge on any atom is -0.396 e. The summed E-state index contributed by atoms with van der Waals surface area (Å²) >= 11 is 0. The smallest absolute Gasteiger partial charge is 0.131 e. The van der Waals surface area contributed by atoms with Crippen molar-refractivity contribution in [2.24, 2.45) is 29.6 Å². The zero-order valence-electron chi connectivity index (χ0n) is 40.7. The third-order valence-corrected chi connectivity index (χ3v) is 15.4. The van der Waals surface area contributed by atoms with Gasteiger partial charge in [0, 0.05) is 18.8 Å². The Kier molecular flexibility index (Phi) is 23.1. The second kappa shape index (κ2) is 28.7. The standard InChI is InChI=1S/C28H40O.C16H17FO.C16H30O/c1-3-5-6-8-22-10-13-25(14-11-22)26-15-17-27(18-16-26)28-19-12-23(9-7-20-29)21-24(28)4-2;1-2-3-12-6-9-15(16(17)10-12)14-7-4-13(11-18)5-8-14;1-2-3-13-4-8-15(9-5-13)16-10-6-14(12-17)7-11-16/h12,15-19,21-22,25,29H,3-11,13-14,20H2,1-2H3;4-10,18H,2-3,11H2,1H3;13-17H,2-12H2,1H3. The fourth-order valence-electron chi connectivity index (χ4n) is 11.3. The first-order chi connectivity index (χ1) is 31.3. The van der Waals surface area contributed by atoms with Crippen LogP contribution in [-0.4, -0.2) is 28.5 Å². The lowest BCUT2D eigenvalue weighted by Gasteiger charge is -2.37. The fraction of sp³-hybridized carbons (Fsp3) is 0.600. The van der Waals surface area contributed by atoms with Crippen LogP contribution in [0.3, 0.4) is 0 Å². The molecular weight excluding hydrogens is 788 g/mol. The summed E-state index contributed by atoms with van der Waals surface area (Å²) < 4.78 is 14.0. The highest BCUT2D eigenvalue weighted by atomic mass is 19.1. The van der Waals surface area contributed by atoms with E-state index in [1.54, 1.807) is 11.6 Å². The first-order valence-electron chi connectivity index (χ1n) is 26.2. The maximum absolute atomic E-state index is 14.0. The van der Waals surface area contributed by atoms with E-state index in [1.807, 2.05) is 36.4 Å². The lowest BCUT2D eigenvalue weighted by Crippen LogP contribution is -2.26. The van der Waals surface area contributed by atoms with Crippen LogP contribution in [0.2, 0.25) is 0 Å². The van der Waals surface area contributed by atoms with E-state index >= 15 is 0 Å². The monoisotopic (exact) mass is 875 g/mol. The largest absolute Gasteiger partial charge is 0.396 e. The van der Waals surface area contributed by atoms with Crippen LogP contribution in [0, 0.1) is 35.4 Å². The number of hydrogen-bond acceptors (Lipinski definition) is 3. The maximum atomic E-state index is 14.0. The molecule has 0 amide bonds. The van der Waals surface area contributed by atoms with Crippen LogP contribution in [0.5, 0.6) is 0 Å². The average molecular weight is 875 g/mol. The number of benzene rings is 4. The molecule has 3 nitrogen and oxygen atoms in total. The molecule has 0 atom stereocenters. The molecule has 4 aromatic carbocycles. The summed E-state index contributed by atoms with van der Waals surface area (Å²) in [4.78, 5) is 0. The summed E-state index contributed by atoms with van der Waals surface area (Å²) in [5.74, 6) is 5.26. The van der Waals surface area contributed by atoms with Crippen LogP contribution >= 0.6 is 0 Å². The van der Waals surface area contributed by atoms with E-state index in [0.717, 1.165) is 78.4 Å². The molecule has 3 aliphatic carbocycles. The molecule has 3 N–H and O–H groups in total. The Morgan fingerprint density at radius 1 is 0.484 bits per heavy atom. The van der Waals surface area contributed by atoms with E-state index in [2.05, 4.69) is 70.2 Å². The molecule has 0 radical (unpaired) electrons. The van der Waals surface area contributed by atoms with Gasteiger partial charge in [0.15, 0.2) is 0 Å². The van der Waals surface area contributed by atoms with Crippen LogP contribution < -0.4 is 0 Å². The predicted octanol–water partition coefficient (Wildman–Crippen LogP) is 16.0. The van der Waals surface area contributed by atoms with E-state index in [4.69, 9.17) is 10.2 Å². The van der Waals surface area contributed by atoms with Gasteiger partial charge in [-0.2, -0.15) is 0 Å². The molecule has 352 valence electrons. The molecule has 0 spiro atoms. The number of aliphatic hydroxyl groups is 3. The van der Waals surface area contributed by atoms with Crippen molar-refractivity contribution in [2.45, 2.75) is 188 Å². The normalized spacial score (nSPS) is 22.2. The molecule has 0 bridgehead atoms. The van der Waals surface area contributed by atoms with Crippen molar-refractivity contribution in [1.29, 1.82) is 0 Å². The molecule has 0 unspecified atom stereocenters. The Balaban J connectivity index is 0.000000191. The molecule has 0 aromatic heterocycles. The summed E-state index contributed by atoms with van der Waals surface area (Å²) in [7, 11) is 0. The van der Waals surface area contributed by atoms with Crippen molar-refractivity contribution in [1.82, 2.24) is 0 Å². The molecule has 0 heterocycles. The molecule has 7 rings (SSSR count). The van der Waals surface area contributed by atoms with E-state index in [0.29, 0.717) is 18.1 Å². The van der Waals surface area contributed by atoms with E-state index in [1.165, 1.54) is 138 Å². The molecule has 3 aliphatic rings. The van der Waals surface area contributed by atoms with Gasteiger partial charge >= 0.3 is 0 Å². The number of unbranched alkanes of at least 4 members (excludes halogenated alkanes) is 2. The van der Waals surface area contributed by atoms with Gasteiger partial charge in [-0.15, -0.1) is 0 Å². The molecule has 4 aromatic rings. The first kappa shape index (κ1) is 51.7. The van der Waals surface area contributed by atoms with Gasteiger partial charge in [-0.25, -0.2) is 4.39 Å². The Morgan fingerprint density at radius 3 is 1.58 bits per heavy atom. The lowest BCUT2D eigenvalue weighted by atomic mass is 9.69. The fourth-order valence-corrected chi connectivity index (χ4v) is 11.3. The first-order valence-corrected chi connectivity index (χ1v) is 26.2. The number of rotatable bonds is 18. The maximum Gasteiger partial charge on any atom is 0.131 e. The third kappa shape index (κ3) is 16.2. The minimum atomic E-state index is -0.183. The van der Waals surface area contributed by atoms with Gasteiger partial charge in [0.05, 0.1) is 6.61 Å². The summed E-state index contributed by atoms with van der Waals surface area (Å²) in [6.07, 6.45) is 30.2. The molecule has 0 saturated heterocycles. The molecule has 4 heteroatoms. The van der Waals surface area contributed by atoms with E-state index in [9.17, 15) is 9.50 Å². The molecule has 3 saturated carbocycles.